The number of halogens is 1. The molecule has 2 N–H and O–H groups in total. The molecule has 20 heavy (non-hydrogen) atoms. The van der Waals surface area contributed by atoms with Crippen LogP contribution in [0.1, 0.15) is 25.8 Å². The Morgan fingerprint density at radius 1 is 1.20 bits per heavy atom. The molecule has 110 valence electrons. The molecule has 0 radical (unpaired) electrons. The van der Waals surface area contributed by atoms with E-state index in [-0.39, 0.29) is 30.6 Å². The van der Waals surface area contributed by atoms with Crippen LogP contribution in [-0.2, 0) is 16.0 Å². The Bertz CT molecular complexity index is 461. The zero-order valence-electron chi connectivity index (χ0n) is 11.9. The molecular formula is C15H21FN2O2. The second-order valence-electron chi connectivity index (χ2n) is 5.12. The maximum absolute atomic E-state index is 12.9. The van der Waals surface area contributed by atoms with Crippen LogP contribution in [0.3, 0.4) is 0 Å². The average Bonchev–Trinajstić information content (AvgIpc) is 2.36. The Morgan fingerprint density at radius 3 is 2.60 bits per heavy atom. The summed E-state index contributed by atoms with van der Waals surface area (Å²) in [5.74, 6) is -0.354. The van der Waals surface area contributed by atoms with Gasteiger partial charge >= 0.3 is 0 Å². The number of benzene rings is 1. The summed E-state index contributed by atoms with van der Waals surface area (Å²) >= 11 is 0. The van der Waals surface area contributed by atoms with E-state index in [1.54, 1.807) is 12.1 Å². The molecular weight excluding hydrogens is 259 g/mol. The fourth-order valence-corrected chi connectivity index (χ4v) is 1.64. The van der Waals surface area contributed by atoms with Crippen LogP contribution in [-0.4, -0.2) is 24.9 Å². The van der Waals surface area contributed by atoms with E-state index >= 15 is 0 Å². The zero-order valence-corrected chi connectivity index (χ0v) is 11.9. The monoisotopic (exact) mass is 280 g/mol. The molecule has 0 spiro atoms. The summed E-state index contributed by atoms with van der Waals surface area (Å²) in [4.78, 5) is 23.0. The van der Waals surface area contributed by atoms with E-state index in [4.69, 9.17) is 0 Å². The number of hydrogen-bond donors (Lipinski definition) is 2. The van der Waals surface area contributed by atoms with E-state index in [2.05, 4.69) is 24.5 Å². The first kappa shape index (κ1) is 16.1. The topological polar surface area (TPSA) is 58.2 Å². The van der Waals surface area contributed by atoms with Crippen LogP contribution in [0.25, 0.3) is 0 Å². The van der Waals surface area contributed by atoms with Gasteiger partial charge in [0.25, 0.3) is 0 Å². The lowest BCUT2D eigenvalue weighted by Crippen LogP contribution is -2.38. The number of carbonyl (C=O) groups excluding carboxylic acids is 2. The fraction of sp³-hybridized carbons (Fsp3) is 0.467. The molecule has 1 aromatic carbocycles. The molecule has 0 aromatic heterocycles. The van der Waals surface area contributed by atoms with Crippen molar-refractivity contribution in [2.75, 3.05) is 13.1 Å². The van der Waals surface area contributed by atoms with E-state index in [9.17, 15) is 14.0 Å². The summed E-state index contributed by atoms with van der Waals surface area (Å²) < 4.78 is 12.9. The Kier molecular flexibility index (Phi) is 6.70. The van der Waals surface area contributed by atoms with Gasteiger partial charge in [0.05, 0.1) is 13.0 Å². The Hall–Kier alpha value is -1.91. The van der Waals surface area contributed by atoms with E-state index in [1.165, 1.54) is 12.1 Å². The van der Waals surface area contributed by atoms with Crippen molar-refractivity contribution in [3.8, 4) is 0 Å². The third-order valence-corrected chi connectivity index (χ3v) is 2.74. The molecule has 0 bridgehead atoms. The molecule has 4 nitrogen and oxygen atoms in total. The Balaban J connectivity index is 2.24. The summed E-state index contributed by atoms with van der Waals surface area (Å²) in [6.45, 7) is 4.71. The van der Waals surface area contributed by atoms with Crippen molar-refractivity contribution in [2.45, 2.75) is 26.7 Å². The first-order valence-corrected chi connectivity index (χ1v) is 6.75. The van der Waals surface area contributed by atoms with Gasteiger partial charge in [-0.25, -0.2) is 4.39 Å². The van der Waals surface area contributed by atoms with Crippen LogP contribution < -0.4 is 10.6 Å². The van der Waals surface area contributed by atoms with Gasteiger partial charge in [-0.1, -0.05) is 26.0 Å². The highest BCUT2D eigenvalue weighted by atomic mass is 19.1. The molecule has 0 aliphatic heterocycles. The molecule has 5 heteroatoms. The first-order valence-electron chi connectivity index (χ1n) is 6.75. The van der Waals surface area contributed by atoms with Gasteiger partial charge in [-0.05, 0) is 30.0 Å². The van der Waals surface area contributed by atoms with E-state index in [0.717, 1.165) is 6.42 Å². The lowest BCUT2D eigenvalue weighted by Gasteiger charge is -2.08. The smallest absolute Gasteiger partial charge is 0.239 e. The van der Waals surface area contributed by atoms with Gasteiger partial charge in [0, 0.05) is 6.54 Å². The maximum atomic E-state index is 12.9. The summed E-state index contributed by atoms with van der Waals surface area (Å²) in [5, 5.41) is 5.24. The SMILES string of the molecule is CC(C)CCNC(=O)CNC(=O)Cc1cccc(F)c1. The van der Waals surface area contributed by atoms with Gasteiger partial charge in [0.2, 0.25) is 11.8 Å². The number of rotatable bonds is 7. The first-order chi connectivity index (χ1) is 9.47. The van der Waals surface area contributed by atoms with Crippen molar-refractivity contribution < 1.29 is 14.0 Å². The maximum Gasteiger partial charge on any atom is 0.239 e. The van der Waals surface area contributed by atoms with Crippen LogP contribution >= 0.6 is 0 Å². The highest BCUT2D eigenvalue weighted by Crippen LogP contribution is 2.03. The largest absolute Gasteiger partial charge is 0.355 e. The standard InChI is InChI=1S/C15H21FN2O2/c1-11(2)6-7-17-15(20)10-18-14(19)9-12-4-3-5-13(16)8-12/h3-5,8,11H,6-7,9-10H2,1-2H3,(H,17,20)(H,18,19). The predicted molar refractivity (Wildman–Crippen MR) is 75.6 cm³/mol. The second-order valence-corrected chi connectivity index (χ2v) is 5.12. The van der Waals surface area contributed by atoms with Crippen molar-refractivity contribution in [3.05, 3.63) is 35.6 Å². The van der Waals surface area contributed by atoms with Crippen molar-refractivity contribution in [1.29, 1.82) is 0 Å². The summed E-state index contributed by atoms with van der Waals surface area (Å²) in [5.41, 5.74) is 0.586. The minimum absolute atomic E-state index is 0.0494. The molecule has 2 amide bonds. The third-order valence-electron chi connectivity index (χ3n) is 2.74. The van der Waals surface area contributed by atoms with Gasteiger partial charge in [-0.3, -0.25) is 9.59 Å². The van der Waals surface area contributed by atoms with Gasteiger partial charge in [0.1, 0.15) is 5.82 Å². The minimum Gasteiger partial charge on any atom is -0.355 e. The van der Waals surface area contributed by atoms with Crippen LogP contribution in [0.5, 0.6) is 0 Å². The summed E-state index contributed by atoms with van der Waals surface area (Å²) in [6, 6.07) is 5.85. The van der Waals surface area contributed by atoms with Crippen LogP contribution in [0.2, 0.25) is 0 Å². The molecule has 0 saturated heterocycles. The Labute approximate surface area is 118 Å². The lowest BCUT2D eigenvalue weighted by atomic mass is 10.1. The van der Waals surface area contributed by atoms with Crippen LogP contribution in [0.4, 0.5) is 4.39 Å². The van der Waals surface area contributed by atoms with Gasteiger partial charge < -0.3 is 10.6 Å². The zero-order chi connectivity index (χ0) is 15.0. The molecule has 1 aromatic rings. The molecule has 0 unspecified atom stereocenters. The van der Waals surface area contributed by atoms with E-state index < -0.39 is 0 Å². The minimum atomic E-state index is -0.373. The number of amides is 2. The normalized spacial score (nSPS) is 10.4. The summed E-state index contributed by atoms with van der Waals surface area (Å²) in [7, 11) is 0. The Morgan fingerprint density at radius 2 is 1.95 bits per heavy atom. The molecule has 0 aliphatic carbocycles. The quantitative estimate of drug-likeness (QED) is 0.798. The molecule has 1 rings (SSSR count). The van der Waals surface area contributed by atoms with Crippen LogP contribution in [0, 0.1) is 11.7 Å². The number of carbonyl (C=O) groups is 2. The molecule has 0 atom stereocenters. The van der Waals surface area contributed by atoms with Gasteiger partial charge in [0.15, 0.2) is 0 Å². The highest BCUT2D eigenvalue weighted by Gasteiger charge is 2.07. The predicted octanol–water partition coefficient (Wildman–Crippen LogP) is 1.65. The van der Waals surface area contributed by atoms with Crippen molar-refractivity contribution in [2.24, 2.45) is 5.92 Å². The molecule has 0 saturated carbocycles. The molecule has 0 fully saturated rings. The van der Waals surface area contributed by atoms with E-state index in [1.807, 2.05) is 0 Å². The number of hydrogen-bond acceptors (Lipinski definition) is 2. The van der Waals surface area contributed by atoms with Crippen molar-refractivity contribution >= 4 is 11.8 Å². The van der Waals surface area contributed by atoms with E-state index in [0.29, 0.717) is 18.0 Å². The second kappa shape index (κ2) is 8.30. The fourth-order valence-electron chi connectivity index (χ4n) is 1.64. The van der Waals surface area contributed by atoms with Gasteiger partial charge in [-0.15, -0.1) is 0 Å². The molecule has 0 heterocycles. The van der Waals surface area contributed by atoms with Crippen LogP contribution in [0.15, 0.2) is 24.3 Å². The highest BCUT2D eigenvalue weighted by molar-refractivity contribution is 5.85. The summed E-state index contributed by atoms with van der Waals surface area (Å²) in [6.07, 6.45) is 0.972. The van der Waals surface area contributed by atoms with Crippen molar-refractivity contribution in [1.82, 2.24) is 10.6 Å². The number of nitrogens with one attached hydrogen (secondary N) is 2. The van der Waals surface area contributed by atoms with Crippen molar-refractivity contribution in [3.63, 3.8) is 0 Å². The molecule has 0 aliphatic rings. The van der Waals surface area contributed by atoms with Gasteiger partial charge in [-0.2, -0.15) is 0 Å². The third kappa shape index (κ3) is 6.87. The average molecular weight is 280 g/mol. The lowest BCUT2D eigenvalue weighted by molar-refractivity contribution is -0.125.